The lowest BCUT2D eigenvalue weighted by molar-refractivity contribution is -0.124. The van der Waals surface area contributed by atoms with Gasteiger partial charge in [-0.05, 0) is 50.7 Å². The van der Waals surface area contributed by atoms with Crippen molar-refractivity contribution in [3.05, 3.63) is 35.4 Å². The molecule has 1 N–H and O–H groups in total. The van der Waals surface area contributed by atoms with Gasteiger partial charge in [0.15, 0.2) is 0 Å². The Labute approximate surface area is 124 Å². The fourth-order valence-corrected chi connectivity index (χ4v) is 3.74. The van der Waals surface area contributed by atoms with E-state index in [9.17, 15) is 4.79 Å². The normalized spacial score (nSPS) is 18.8. The highest BCUT2D eigenvalue weighted by Crippen LogP contribution is 2.32. The molecule has 1 aromatic carbocycles. The third-order valence-corrected chi connectivity index (χ3v) is 4.26. The lowest BCUT2D eigenvalue weighted by Gasteiger charge is -2.31. The molecular weight excluding hydrogens is 302 g/mol. The van der Waals surface area contributed by atoms with E-state index in [0.717, 1.165) is 31.0 Å². The molecule has 1 aliphatic carbocycles. The number of benzene rings is 1. The molecule has 2 rings (SSSR count). The first kappa shape index (κ1) is 14.6. The standard InChI is InChI=1S/C16H22BrNO/c1-16(2,10-11-17)18-15(19)14-9-5-7-12-6-3-4-8-13(12)14/h3-4,6,8,14H,5,7,9-11H2,1-2H3,(H,18,19). The Kier molecular flexibility index (Phi) is 4.67. The zero-order chi connectivity index (χ0) is 13.9. The minimum atomic E-state index is -0.146. The molecule has 0 bridgehead atoms. The second kappa shape index (κ2) is 6.08. The van der Waals surface area contributed by atoms with Crippen LogP contribution >= 0.6 is 15.9 Å². The van der Waals surface area contributed by atoms with Gasteiger partial charge in [0.2, 0.25) is 5.91 Å². The Bertz CT molecular complexity index is 456. The van der Waals surface area contributed by atoms with E-state index >= 15 is 0 Å². The average Bonchev–Trinajstić information content (AvgIpc) is 2.37. The Morgan fingerprint density at radius 2 is 2.16 bits per heavy atom. The molecule has 1 aromatic rings. The summed E-state index contributed by atoms with van der Waals surface area (Å²) in [6.07, 6.45) is 4.11. The third-order valence-electron chi connectivity index (χ3n) is 3.87. The van der Waals surface area contributed by atoms with E-state index in [0.29, 0.717) is 0 Å². The highest BCUT2D eigenvalue weighted by atomic mass is 79.9. The summed E-state index contributed by atoms with van der Waals surface area (Å²) in [6.45, 7) is 4.17. The van der Waals surface area contributed by atoms with Gasteiger partial charge < -0.3 is 5.32 Å². The van der Waals surface area contributed by atoms with Crippen LogP contribution in [-0.2, 0) is 11.2 Å². The average molecular weight is 324 g/mol. The van der Waals surface area contributed by atoms with Crippen molar-refractivity contribution in [2.75, 3.05) is 5.33 Å². The second-order valence-electron chi connectivity index (χ2n) is 5.96. The number of amides is 1. The van der Waals surface area contributed by atoms with Crippen LogP contribution in [0.15, 0.2) is 24.3 Å². The van der Waals surface area contributed by atoms with Gasteiger partial charge in [0, 0.05) is 10.9 Å². The molecular formula is C16H22BrNO. The molecule has 0 saturated carbocycles. The van der Waals surface area contributed by atoms with Gasteiger partial charge in [0.05, 0.1) is 5.92 Å². The second-order valence-corrected chi connectivity index (χ2v) is 6.75. The number of nitrogens with one attached hydrogen (secondary N) is 1. The summed E-state index contributed by atoms with van der Waals surface area (Å²) < 4.78 is 0. The van der Waals surface area contributed by atoms with Gasteiger partial charge in [0.1, 0.15) is 0 Å². The highest BCUT2D eigenvalue weighted by Gasteiger charge is 2.29. The summed E-state index contributed by atoms with van der Waals surface area (Å²) in [4.78, 5) is 12.5. The fourth-order valence-electron chi connectivity index (χ4n) is 2.75. The lowest BCUT2D eigenvalue weighted by atomic mass is 9.82. The van der Waals surface area contributed by atoms with E-state index in [-0.39, 0.29) is 17.4 Å². The Balaban J connectivity index is 2.13. The number of hydrogen-bond donors (Lipinski definition) is 1. The molecule has 19 heavy (non-hydrogen) atoms. The zero-order valence-corrected chi connectivity index (χ0v) is 13.3. The van der Waals surface area contributed by atoms with Crippen molar-refractivity contribution in [1.29, 1.82) is 0 Å². The maximum absolute atomic E-state index is 12.5. The molecule has 1 unspecified atom stereocenters. The van der Waals surface area contributed by atoms with Gasteiger partial charge in [-0.25, -0.2) is 0 Å². The van der Waals surface area contributed by atoms with Crippen LogP contribution in [0, 0.1) is 0 Å². The van der Waals surface area contributed by atoms with Gasteiger partial charge in [0.25, 0.3) is 0 Å². The molecule has 104 valence electrons. The van der Waals surface area contributed by atoms with E-state index in [2.05, 4.69) is 53.3 Å². The minimum absolute atomic E-state index is 0.0274. The van der Waals surface area contributed by atoms with Gasteiger partial charge >= 0.3 is 0 Å². The number of carbonyl (C=O) groups excluding carboxylic acids is 1. The van der Waals surface area contributed by atoms with Crippen LogP contribution in [0.1, 0.15) is 50.2 Å². The van der Waals surface area contributed by atoms with Crippen molar-refractivity contribution >= 4 is 21.8 Å². The molecule has 0 aliphatic heterocycles. The van der Waals surface area contributed by atoms with Gasteiger partial charge in [-0.15, -0.1) is 0 Å². The van der Waals surface area contributed by atoms with E-state index in [1.807, 2.05) is 6.07 Å². The maximum Gasteiger partial charge on any atom is 0.227 e. The monoisotopic (exact) mass is 323 g/mol. The van der Waals surface area contributed by atoms with Crippen molar-refractivity contribution in [3.8, 4) is 0 Å². The molecule has 1 atom stereocenters. The molecule has 0 aromatic heterocycles. The molecule has 0 heterocycles. The number of aryl methyl sites for hydroxylation is 1. The predicted octanol–water partition coefficient (Wildman–Crippen LogP) is 3.79. The van der Waals surface area contributed by atoms with Crippen LogP contribution in [0.5, 0.6) is 0 Å². The summed E-state index contributed by atoms with van der Waals surface area (Å²) in [5.74, 6) is 0.206. The first-order valence-corrected chi connectivity index (χ1v) is 8.11. The number of alkyl halides is 1. The third kappa shape index (κ3) is 3.59. The summed E-state index contributed by atoms with van der Waals surface area (Å²) >= 11 is 3.45. The first-order valence-electron chi connectivity index (χ1n) is 6.99. The number of hydrogen-bond acceptors (Lipinski definition) is 1. The summed E-state index contributed by atoms with van der Waals surface area (Å²) in [6, 6.07) is 8.36. The fraction of sp³-hybridized carbons (Fsp3) is 0.562. The zero-order valence-electron chi connectivity index (χ0n) is 11.7. The van der Waals surface area contributed by atoms with Crippen molar-refractivity contribution in [2.45, 2.75) is 51.0 Å². The number of carbonyl (C=O) groups is 1. The van der Waals surface area contributed by atoms with E-state index < -0.39 is 0 Å². The Morgan fingerprint density at radius 3 is 2.89 bits per heavy atom. The molecule has 0 radical (unpaired) electrons. The minimum Gasteiger partial charge on any atom is -0.351 e. The van der Waals surface area contributed by atoms with Gasteiger partial charge in [-0.2, -0.15) is 0 Å². The lowest BCUT2D eigenvalue weighted by Crippen LogP contribution is -2.46. The maximum atomic E-state index is 12.5. The molecule has 0 saturated heterocycles. The SMILES string of the molecule is CC(C)(CCBr)NC(=O)C1CCCc2ccccc21. The van der Waals surface area contributed by atoms with Crippen LogP contribution in [-0.4, -0.2) is 16.8 Å². The van der Waals surface area contributed by atoms with Gasteiger partial charge in [-0.3, -0.25) is 4.79 Å². The Hall–Kier alpha value is -0.830. The first-order chi connectivity index (χ1) is 9.03. The molecule has 1 amide bonds. The van der Waals surface area contributed by atoms with E-state index in [4.69, 9.17) is 0 Å². The molecule has 3 heteroatoms. The smallest absolute Gasteiger partial charge is 0.227 e. The van der Waals surface area contributed by atoms with Crippen molar-refractivity contribution in [1.82, 2.24) is 5.32 Å². The van der Waals surface area contributed by atoms with Crippen LogP contribution < -0.4 is 5.32 Å². The van der Waals surface area contributed by atoms with Crippen molar-refractivity contribution in [3.63, 3.8) is 0 Å². The van der Waals surface area contributed by atoms with Crippen LogP contribution in [0.3, 0.4) is 0 Å². The van der Waals surface area contributed by atoms with Gasteiger partial charge in [-0.1, -0.05) is 40.2 Å². The molecule has 2 nitrogen and oxygen atoms in total. The highest BCUT2D eigenvalue weighted by molar-refractivity contribution is 9.09. The Morgan fingerprint density at radius 1 is 1.42 bits per heavy atom. The van der Waals surface area contributed by atoms with Crippen molar-refractivity contribution < 1.29 is 4.79 Å². The van der Waals surface area contributed by atoms with Crippen LogP contribution in [0.25, 0.3) is 0 Å². The predicted molar refractivity (Wildman–Crippen MR) is 82.8 cm³/mol. The van der Waals surface area contributed by atoms with E-state index in [1.54, 1.807) is 0 Å². The van der Waals surface area contributed by atoms with Crippen LogP contribution in [0.2, 0.25) is 0 Å². The van der Waals surface area contributed by atoms with Crippen LogP contribution in [0.4, 0.5) is 0 Å². The molecule has 1 aliphatic rings. The topological polar surface area (TPSA) is 29.1 Å². The quantitative estimate of drug-likeness (QED) is 0.839. The summed E-state index contributed by atoms with van der Waals surface area (Å²) in [7, 11) is 0. The molecule has 0 fully saturated rings. The largest absolute Gasteiger partial charge is 0.351 e. The number of halogens is 1. The van der Waals surface area contributed by atoms with E-state index in [1.165, 1.54) is 11.1 Å². The molecule has 0 spiro atoms. The number of fused-ring (bicyclic) bond motifs is 1. The number of rotatable bonds is 4. The summed E-state index contributed by atoms with van der Waals surface area (Å²) in [5.41, 5.74) is 2.42. The summed E-state index contributed by atoms with van der Waals surface area (Å²) in [5, 5.41) is 4.10. The van der Waals surface area contributed by atoms with Crippen molar-refractivity contribution in [2.24, 2.45) is 0 Å².